The molecule has 5 aromatic rings. The maximum atomic E-state index is 5.62. The van der Waals surface area contributed by atoms with Gasteiger partial charge in [-0.1, -0.05) is 48.5 Å². The molecule has 0 spiro atoms. The average Bonchev–Trinajstić information content (AvgIpc) is 2.89. The van der Waals surface area contributed by atoms with E-state index in [9.17, 15) is 0 Å². The number of fused-ring (bicyclic) bond motifs is 1. The predicted octanol–water partition coefficient (Wildman–Crippen LogP) is 6.78. The Hall–Kier alpha value is -4.11. The molecule has 0 aliphatic heterocycles. The van der Waals surface area contributed by atoms with Crippen molar-refractivity contribution in [3.63, 3.8) is 0 Å². The minimum atomic E-state index is 0.840. The number of hydrogen-bond donors (Lipinski definition) is 0. The van der Waals surface area contributed by atoms with Crippen LogP contribution >= 0.6 is 0 Å². The zero-order valence-electron chi connectivity index (χ0n) is 19.1. The lowest BCUT2D eigenvalue weighted by Gasteiger charge is -2.17. The van der Waals surface area contributed by atoms with Gasteiger partial charge < -0.3 is 9.47 Å². The minimum Gasteiger partial charge on any atom is -0.497 e. The van der Waals surface area contributed by atoms with Gasteiger partial charge in [0.05, 0.1) is 25.2 Å². The summed E-state index contributed by atoms with van der Waals surface area (Å²) in [7, 11) is 3.41. The lowest BCUT2D eigenvalue weighted by molar-refractivity contribution is -0.588. The van der Waals surface area contributed by atoms with Crippen molar-refractivity contribution in [3.05, 3.63) is 109 Å². The first kappa shape index (κ1) is 20.8. The van der Waals surface area contributed by atoms with Crippen LogP contribution in [0.4, 0.5) is 0 Å². The third kappa shape index (κ3) is 3.72. The zero-order valence-corrected chi connectivity index (χ0v) is 19.1. The Morgan fingerprint density at radius 3 is 1.76 bits per heavy atom. The number of nitrogens with zero attached hydrogens (tertiary/aromatic N) is 1. The Labute approximate surface area is 194 Å². The summed E-state index contributed by atoms with van der Waals surface area (Å²) >= 11 is 0. The van der Waals surface area contributed by atoms with Crippen LogP contribution in [0.3, 0.4) is 0 Å². The molecule has 33 heavy (non-hydrogen) atoms. The number of benzene rings is 4. The molecule has 4 aromatic carbocycles. The molecular weight excluding hydrogens is 406 g/mol. The van der Waals surface area contributed by atoms with E-state index in [1.165, 1.54) is 16.3 Å². The van der Waals surface area contributed by atoms with Gasteiger partial charge in [0.25, 0.3) is 0 Å². The zero-order chi connectivity index (χ0) is 22.8. The maximum Gasteiger partial charge on any atom is 0.227 e. The quantitative estimate of drug-likeness (QED) is 0.286. The van der Waals surface area contributed by atoms with Gasteiger partial charge >= 0.3 is 0 Å². The Morgan fingerprint density at radius 2 is 1.15 bits per heavy atom. The highest BCUT2D eigenvalue weighted by molar-refractivity contribution is 6.03. The number of aromatic nitrogens is 1. The van der Waals surface area contributed by atoms with Crippen LogP contribution in [-0.2, 0) is 0 Å². The second-order valence-corrected chi connectivity index (χ2v) is 7.99. The molecule has 0 aliphatic carbocycles. The molecule has 162 valence electrons. The number of hydrogen-bond acceptors (Lipinski definition) is 2. The van der Waals surface area contributed by atoms with Crippen LogP contribution in [0.25, 0.3) is 38.8 Å². The Morgan fingerprint density at radius 1 is 0.576 bits per heavy atom. The lowest BCUT2D eigenvalue weighted by atomic mass is 9.92. The smallest absolute Gasteiger partial charge is 0.227 e. The van der Waals surface area contributed by atoms with E-state index in [2.05, 4.69) is 96.4 Å². The van der Waals surface area contributed by atoms with Crippen LogP contribution in [0.1, 0.15) is 5.69 Å². The summed E-state index contributed by atoms with van der Waals surface area (Å²) in [4.78, 5) is 0. The van der Waals surface area contributed by atoms with Gasteiger partial charge in [0.1, 0.15) is 11.5 Å². The average molecular weight is 433 g/mol. The molecule has 5 rings (SSSR count). The number of aryl methyl sites for hydroxylation is 1. The van der Waals surface area contributed by atoms with E-state index in [0.29, 0.717) is 0 Å². The first-order chi connectivity index (χ1) is 16.2. The third-order valence-electron chi connectivity index (χ3n) is 6.12. The number of methoxy groups -OCH3 is 2. The van der Waals surface area contributed by atoms with Crippen LogP contribution in [0, 0.1) is 6.92 Å². The van der Waals surface area contributed by atoms with Crippen LogP contribution in [0.5, 0.6) is 11.5 Å². The van der Waals surface area contributed by atoms with Gasteiger partial charge in [-0.15, -0.1) is 0 Å². The fraction of sp³-hybridized carbons (Fsp3) is 0.100. The van der Waals surface area contributed by atoms with Crippen LogP contribution in [0.2, 0.25) is 0 Å². The second kappa shape index (κ2) is 8.79. The van der Waals surface area contributed by atoms with E-state index in [0.717, 1.165) is 39.7 Å². The van der Waals surface area contributed by atoms with Crippen molar-refractivity contribution in [2.45, 2.75) is 6.92 Å². The minimum absolute atomic E-state index is 0.840. The second-order valence-electron chi connectivity index (χ2n) is 7.99. The first-order valence-corrected chi connectivity index (χ1v) is 11.0. The van der Waals surface area contributed by atoms with Gasteiger partial charge in [-0.2, -0.15) is 4.57 Å². The lowest BCUT2D eigenvalue weighted by Crippen LogP contribution is -2.38. The molecule has 0 atom stereocenters. The van der Waals surface area contributed by atoms with Crippen molar-refractivity contribution in [1.82, 2.24) is 0 Å². The summed E-state index contributed by atoms with van der Waals surface area (Å²) < 4.78 is 13.4. The van der Waals surface area contributed by atoms with Crippen molar-refractivity contribution >= 4 is 10.8 Å². The SMILES string of the molecule is COc1ccc(-[n+]2c(-c3ccccc3)c(-c3ccccc3)c3cc(OC)ccc3c2C)cc1. The molecule has 1 aromatic heterocycles. The molecule has 0 fully saturated rings. The standard InChI is InChI=1S/C30H26NO2/c1-21-27-19-18-26(33-3)20-28(27)29(22-10-6-4-7-11-22)30(23-12-8-5-9-13-23)31(21)24-14-16-25(32-2)17-15-24/h4-20H,1-3H3/q+1. The highest BCUT2D eigenvalue weighted by Gasteiger charge is 2.28. The molecule has 0 bridgehead atoms. The molecular formula is C30H26NO2+. The molecule has 0 aliphatic rings. The van der Waals surface area contributed by atoms with Gasteiger partial charge in [-0.3, -0.25) is 0 Å². The maximum absolute atomic E-state index is 5.62. The van der Waals surface area contributed by atoms with Gasteiger partial charge in [0.2, 0.25) is 11.4 Å². The monoisotopic (exact) mass is 432 g/mol. The summed E-state index contributed by atoms with van der Waals surface area (Å²) in [6.07, 6.45) is 0. The topological polar surface area (TPSA) is 22.3 Å². The molecule has 3 nitrogen and oxygen atoms in total. The van der Waals surface area contributed by atoms with Crippen LogP contribution in [-0.4, -0.2) is 14.2 Å². The number of pyridine rings is 1. The van der Waals surface area contributed by atoms with E-state index >= 15 is 0 Å². The highest BCUT2D eigenvalue weighted by atomic mass is 16.5. The van der Waals surface area contributed by atoms with Gasteiger partial charge in [-0.05, 0) is 48.0 Å². The Balaban J connectivity index is 1.98. The summed E-state index contributed by atoms with van der Waals surface area (Å²) in [6, 6.07) is 35.8. The summed E-state index contributed by atoms with van der Waals surface area (Å²) in [5.74, 6) is 1.69. The summed E-state index contributed by atoms with van der Waals surface area (Å²) in [5.41, 5.74) is 6.89. The molecule has 3 heteroatoms. The van der Waals surface area contributed by atoms with Crippen LogP contribution < -0.4 is 14.0 Å². The largest absolute Gasteiger partial charge is 0.497 e. The summed E-state index contributed by atoms with van der Waals surface area (Å²) in [6.45, 7) is 2.18. The number of ether oxygens (including phenoxy) is 2. The number of rotatable bonds is 5. The fourth-order valence-corrected chi connectivity index (χ4v) is 4.52. The summed E-state index contributed by atoms with van der Waals surface area (Å²) in [5, 5.41) is 2.35. The van der Waals surface area contributed by atoms with Gasteiger partial charge in [0.15, 0.2) is 5.69 Å². The van der Waals surface area contributed by atoms with Crippen molar-refractivity contribution in [3.8, 4) is 39.6 Å². The van der Waals surface area contributed by atoms with Crippen LogP contribution in [0.15, 0.2) is 103 Å². The molecule has 0 unspecified atom stereocenters. The van der Waals surface area contributed by atoms with E-state index < -0.39 is 0 Å². The van der Waals surface area contributed by atoms with Gasteiger partial charge in [0, 0.05) is 30.0 Å². The highest BCUT2D eigenvalue weighted by Crippen LogP contribution is 2.39. The van der Waals surface area contributed by atoms with Crippen molar-refractivity contribution < 1.29 is 14.0 Å². The molecule has 0 saturated carbocycles. The van der Waals surface area contributed by atoms with Gasteiger partial charge in [-0.25, -0.2) is 0 Å². The van der Waals surface area contributed by atoms with E-state index in [-0.39, 0.29) is 0 Å². The fourth-order valence-electron chi connectivity index (χ4n) is 4.52. The molecule has 0 amide bonds. The van der Waals surface area contributed by atoms with E-state index in [1.54, 1.807) is 14.2 Å². The van der Waals surface area contributed by atoms with Crippen molar-refractivity contribution in [2.24, 2.45) is 0 Å². The van der Waals surface area contributed by atoms with Crippen molar-refractivity contribution in [2.75, 3.05) is 14.2 Å². The Bertz CT molecular complexity index is 1410. The van der Waals surface area contributed by atoms with E-state index in [4.69, 9.17) is 9.47 Å². The normalized spacial score (nSPS) is 10.9. The van der Waals surface area contributed by atoms with E-state index in [1.807, 2.05) is 18.2 Å². The van der Waals surface area contributed by atoms with Crippen molar-refractivity contribution in [1.29, 1.82) is 0 Å². The molecule has 0 saturated heterocycles. The Kier molecular flexibility index (Phi) is 5.54. The molecule has 0 N–H and O–H groups in total. The molecule has 1 heterocycles. The third-order valence-corrected chi connectivity index (χ3v) is 6.12. The predicted molar refractivity (Wildman–Crippen MR) is 134 cm³/mol. The molecule has 0 radical (unpaired) electrons. The first-order valence-electron chi connectivity index (χ1n) is 11.0.